The number of hydrogen-bond donors (Lipinski definition) is 2. The van der Waals surface area contributed by atoms with Crippen LogP contribution in [0.15, 0.2) is 18.2 Å². The summed E-state index contributed by atoms with van der Waals surface area (Å²) in [5, 5.41) is 12.6. The molecule has 0 aliphatic carbocycles. The van der Waals surface area contributed by atoms with E-state index in [0.717, 1.165) is 5.56 Å². The van der Waals surface area contributed by atoms with Crippen LogP contribution in [0.5, 0.6) is 0 Å². The van der Waals surface area contributed by atoms with Crippen LogP contribution in [-0.2, 0) is 6.54 Å². The molecule has 1 aromatic carbocycles. The van der Waals surface area contributed by atoms with Gasteiger partial charge >= 0.3 is 0 Å². The van der Waals surface area contributed by atoms with E-state index < -0.39 is 0 Å². The molecule has 0 aromatic heterocycles. The molecule has 0 heterocycles. The van der Waals surface area contributed by atoms with Crippen LogP contribution in [0.3, 0.4) is 0 Å². The summed E-state index contributed by atoms with van der Waals surface area (Å²) in [4.78, 5) is 0. The Balaban J connectivity index is 2.52. The molecule has 0 radical (unpaired) electrons. The Bertz CT molecular complexity index is 355. The summed E-state index contributed by atoms with van der Waals surface area (Å²) in [6, 6.07) is 5.46. The second-order valence-electron chi connectivity index (χ2n) is 4.21. The highest BCUT2D eigenvalue weighted by atomic mass is 32.2. The van der Waals surface area contributed by atoms with Crippen molar-refractivity contribution >= 4 is 11.8 Å². The van der Waals surface area contributed by atoms with Crippen LogP contribution >= 0.6 is 11.8 Å². The first-order valence-electron chi connectivity index (χ1n) is 5.70. The van der Waals surface area contributed by atoms with Gasteiger partial charge in [-0.05, 0) is 37.3 Å². The van der Waals surface area contributed by atoms with Crippen LogP contribution in [-0.4, -0.2) is 29.3 Å². The van der Waals surface area contributed by atoms with Crippen LogP contribution in [0, 0.1) is 12.7 Å². The Morgan fingerprint density at radius 2 is 2.18 bits per heavy atom. The second kappa shape index (κ2) is 6.99. The number of halogens is 1. The van der Waals surface area contributed by atoms with E-state index in [-0.39, 0.29) is 23.7 Å². The maximum atomic E-state index is 13.3. The average Bonchev–Trinajstić information content (AvgIpc) is 2.32. The van der Waals surface area contributed by atoms with Gasteiger partial charge in [-0.25, -0.2) is 4.39 Å². The molecule has 0 amide bonds. The lowest BCUT2D eigenvalue weighted by molar-refractivity contribution is 0.276. The lowest BCUT2D eigenvalue weighted by Gasteiger charge is -2.21. The Kier molecular flexibility index (Phi) is 5.95. The van der Waals surface area contributed by atoms with Crippen molar-refractivity contribution < 1.29 is 9.50 Å². The minimum Gasteiger partial charge on any atom is -0.395 e. The molecule has 0 fully saturated rings. The van der Waals surface area contributed by atoms with Crippen molar-refractivity contribution in [2.45, 2.75) is 31.7 Å². The molecule has 96 valence electrons. The summed E-state index contributed by atoms with van der Waals surface area (Å²) in [5.74, 6) is -0.166. The van der Waals surface area contributed by atoms with Gasteiger partial charge in [0.25, 0.3) is 0 Å². The smallest absolute Gasteiger partial charge is 0.126 e. The molecular formula is C13H20FNOS. The minimum atomic E-state index is -0.166. The Hall–Kier alpha value is -0.580. The zero-order valence-electron chi connectivity index (χ0n) is 10.5. The van der Waals surface area contributed by atoms with Crippen molar-refractivity contribution in [2.75, 3.05) is 12.9 Å². The van der Waals surface area contributed by atoms with E-state index in [1.807, 2.05) is 19.2 Å². The van der Waals surface area contributed by atoms with E-state index in [4.69, 9.17) is 5.11 Å². The van der Waals surface area contributed by atoms with Crippen LogP contribution in [0.1, 0.15) is 18.1 Å². The summed E-state index contributed by atoms with van der Waals surface area (Å²) < 4.78 is 13.3. The molecule has 1 rings (SSSR count). The lowest BCUT2D eigenvalue weighted by Crippen LogP contribution is -2.37. The summed E-state index contributed by atoms with van der Waals surface area (Å²) in [7, 11) is 0. The molecule has 0 aliphatic rings. The number of aryl methyl sites for hydroxylation is 1. The number of rotatable bonds is 6. The van der Waals surface area contributed by atoms with Crippen molar-refractivity contribution in [3.05, 3.63) is 35.1 Å². The topological polar surface area (TPSA) is 32.3 Å². The van der Waals surface area contributed by atoms with Gasteiger partial charge in [-0.3, -0.25) is 0 Å². The summed E-state index contributed by atoms with van der Waals surface area (Å²) >= 11 is 1.63. The number of aliphatic hydroxyl groups excluding tert-OH is 1. The number of benzene rings is 1. The zero-order valence-corrected chi connectivity index (χ0v) is 11.4. The highest BCUT2D eigenvalue weighted by molar-refractivity contribution is 7.99. The minimum absolute atomic E-state index is 0.150. The van der Waals surface area contributed by atoms with Crippen molar-refractivity contribution in [3.63, 3.8) is 0 Å². The van der Waals surface area contributed by atoms with Gasteiger partial charge in [0.15, 0.2) is 0 Å². The van der Waals surface area contributed by atoms with Crippen LogP contribution < -0.4 is 5.32 Å². The molecule has 0 aliphatic heterocycles. The van der Waals surface area contributed by atoms with E-state index >= 15 is 0 Å². The van der Waals surface area contributed by atoms with Gasteiger partial charge in [0, 0.05) is 17.8 Å². The predicted octanol–water partition coefficient (Wildman–Crippen LogP) is 2.34. The fraction of sp³-hybridized carbons (Fsp3) is 0.538. The first-order chi connectivity index (χ1) is 8.08. The number of nitrogens with one attached hydrogen (secondary N) is 1. The van der Waals surface area contributed by atoms with Gasteiger partial charge in [0.2, 0.25) is 0 Å². The third kappa shape index (κ3) is 4.30. The lowest BCUT2D eigenvalue weighted by atomic mass is 10.1. The highest BCUT2D eigenvalue weighted by Crippen LogP contribution is 2.12. The van der Waals surface area contributed by atoms with Gasteiger partial charge in [-0.1, -0.05) is 12.1 Å². The van der Waals surface area contributed by atoms with E-state index in [2.05, 4.69) is 5.32 Å². The molecule has 2 atom stereocenters. The summed E-state index contributed by atoms with van der Waals surface area (Å²) in [5.41, 5.74) is 1.59. The number of aliphatic hydroxyl groups is 1. The summed E-state index contributed by atoms with van der Waals surface area (Å²) in [6.07, 6.45) is 1.98. The SMILES string of the molecule is CSC(CO)C(C)NCc1ccc(C)c(F)c1. The van der Waals surface area contributed by atoms with E-state index in [1.165, 1.54) is 0 Å². The molecular weight excluding hydrogens is 237 g/mol. The first-order valence-corrected chi connectivity index (χ1v) is 6.99. The Morgan fingerprint density at radius 3 is 2.71 bits per heavy atom. The largest absolute Gasteiger partial charge is 0.395 e. The standard InChI is InChI=1S/C13H20FNOS/c1-9-4-5-11(6-12(9)14)7-15-10(2)13(8-16)17-3/h4-6,10,13,15-16H,7-8H2,1-3H3. The molecule has 0 saturated heterocycles. The monoisotopic (exact) mass is 257 g/mol. The van der Waals surface area contributed by atoms with Crippen LogP contribution in [0.4, 0.5) is 4.39 Å². The van der Waals surface area contributed by atoms with Crippen molar-refractivity contribution in [1.29, 1.82) is 0 Å². The molecule has 17 heavy (non-hydrogen) atoms. The number of thioether (sulfide) groups is 1. The third-order valence-corrected chi connectivity index (χ3v) is 4.07. The summed E-state index contributed by atoms with van der Waals surface area (Å²) in [6.45, 7) is 4.56. The predicted molar refractivity (Wildman–Crippen MR) is 71.8 cm³/mol. The van der Waals surface area contributed by atoms with E-state index in [1.54, 1.807) is 30.8 Å². The van der Waals surface area contributed by atoms with Gasteiger partial charge in [-0.2, -0.15) is 11.8 Å². The fourth-order valence-electron chi connectivity index (χ4n) is 1.59. The van der Waals surface area contributed by atoms with Crippen molar-refractivity contribution in [3.8, 4) is 0 Å². The molecule has 0 spiro atoms. The van der Waals surface area contributed by atoms with E-state index in [0.29, 0.717) is 12.1 Å². The van der Waals surface area contributed by atoms with Gasteiger partial charge < -0.3 is 10.4 Å². The quantitative estimate of drug-likeness (QED) is 0.820. The highest BCUT2D eigenvalue weighted by Gasteiger charge is 2.14. The average molecular weight is 257 g/mol. The molecule has 2 unspecified atom stereocenters. The maximum absolute atomic E-state index is 13.3. The Morgan fingerprint density at radius 1 is 1.47 bits per heavy atom. The van der Waals surface area contributed by atoms with Crippen LogP contribution in [0.25, 0.3) is 0 Å². The van der Waals surface area contributed by atoms with Crippen molar-refractivity contribution in [2.24, 2.45) is 0 Å². The zero-order chi connectivity index (χ0) is 12.8. The molecule has 2 N–H and O–H groups in total. The molecule has 1 aromatic rings. The van der Waals surface area contributed by atoms with Gasteiger partial charge in [0.1, 0.15) is 5.82 Å². The van der Waals surface area contributed by atoms with Crippen LogP contribution in [0.2, 0.25) is 0 Å². The normalized spacial score (nSPS) is 14.6. The maximum Gasteiger partial charge on any atom is 0.126 e. The Labute approximate surface area is 107 Å². The second-order valence-corrected chi connectivity index (χ2v) is 5.29. The molecule has 2 nitrogen and oxygen atoms in total. The van der Waals surface area contributed by atoms with Gasteiger partial charge in [0.05, 0.1) is 6.61 Å². The van der Waals surface area contributed by atoms with E-state index in [9.17, 15) is 4.39 Å². The molecule has 0 bridgehead atoms. The molecule has 0 saturated carbocycles. The fourth-order valence-corrected chi connectivity index (χ4v) is 2.25. The van der Waals surface area contributed by atoms with Gasteiger partial charge in [-0.15, -0.1) is 0 Å². The third-order valence-electron chi connectivity index (χ3n) is 2.90. The van der Waals surface area contributed by atoms with Crippen molar-refractivity contribution in [1.82, 2.24) is 5.32 Å². The first kappa shape index (κ1) is 14.5. The molecule has 4 heteroatoms. The number of hydrogen-bond acceptors (Lipinski definition) is 3.